The SMILES string of the molecule is c1ccc(-c2ccc(-n3c4ccccc4c4cnc5c6c(cnc5c43)-c3ccccc3[Si]6(c3ccccc3)c3ccccc3)cc2)cc1. The Kier molecular flexibility index (Phi) is 5.89. The van der Waals surface area contributed by atoms with Crippen LogP contribution in [0.15, 0.2) is 176 Å². The average molecular weight is 628 g/mol. The predicted molar refractivity (Wildman–Crippen MR) is 202 cm³/mol. The minimum absolute atomic E-state index is 0.936. The first-order valence-corrected chi connectivity index (χ1v) is 18.4. The first kappa shape index (κ1) is 27.1. The van der Waals surface area contributed by atoms with Gasteiger partial charge in [0.15, 0.2) is 8.07 Å². The lowest BCUT2D eigenvalue weighted by atomic mass is 10.1. The van der Waals surface area contributed by atoms with Crippen molar-refractivity contribution in [1.29, 1.82) is 0 Å². The molecule has 0 saturated carbocycles. The van der Waals surface area contributed by atoms with Crippen LogP contribution in [-0.4, -0.2) is 22.6 Å². The molecule has 3 aromatic heterocycles. The molecule has 0 saturated heterocycles. The molecule has 3 nitrogen and oxygen atoms in total. The van der Waals surface area contributed by atoms with Crippen molar-refractivity contribution >= 4 is 61.7 Å². The lowest BCUT2D eigenvalue weighted by Gasteiger charge is -2.31. The molecule has 0 N–H and O–H groups in total. The van der Waals surface area contributed by atoms with Crippen LogP contribution < -0.4 is 20.7 Å². The van der Waals surface area contributed by atoms with Gasteiger partial charge in [-0.3, -0.25) is 9.97 Å². The maximum absolute atomic E-state index is 5.38. The van der Waals surface area contributed by atoms with Gasteiger partial charge in [0, 0.05) is 34.4 Å². The van der Waals surface area contributed by atoms with Gasteiger partial charge in [0.25, 0.3) is 0 Å². The molecule has 1 aliphatic heterocycles. The molecule has 0 bridgehead atoms. The zero-order valence-electron chi connectivity index (χ0n) is 26.1. The molecule has 0 amide bonds. The minimum atomic E-state index is -2.77. The fourth-order valence-corrected chi connectivity index (χ4v) is 13.5. The zero-order valence-corrected chi connectivity index (χ0v) is 27.1. The van der Waals surface area contributed by atoms with Crippen LogP contribution in [0.1, 0.15) is 0 Å². The Labute approximate surface area is 279 Å². The molecule has 1 aliphatic rings. The summed E-state index contributed by atoms with van der Waals surface area (Å²) in [6.45, 7) is 0. The number of hydrogen-bond donors (Lipinski definition) is 0. The second kappa shape index (κ2) is 10.5. The second-order valence-electron chi connectivity index (χ2n) is 12.6. The largest absolute Gasteiger partial charge is 0.307 e. The third-order valence-electron chi connectivity index (χ3n) is 10.2. The van der Waals surface area contributed by atoms with E-state index in [-0.39, 0.29) is 0 Å². The number of fused-ring (bicyclic) bond motifs is 9. The van der Waals surface area contributed by atoms with Gasteiger partial charge in [-0.15, -0.1) is 0 Å². The Balaban J connectivity index is 1.33. The highest BCUT2D eigenvalue weighted by atomic mass is 28.3. The van der Waals surface area contributed by atoms with Gasteiger partial charge in [0.2, 0.25) is 0 Å². The summed E-state index contributed by atoms with van der Waals surface area (Å²) < 4.78 is 2.39. The Morgan fingerprint density at radius 3 is 1.75 bits per heavy atom. The van der Waals surface area contributed by atoms with E-state index in [1.807, 2.05) is 0 Å². The summed E-state index contributed by atoms with van der Waals surface area (Å²) in [6.07, 6.45) is 4.22. The van der Waals surface area contributed by atoms with Gasteiger partial charge in [-0.1, -0.05) is 146 Å². The van der Waals surface area contributed by atoms with Gasteiger partial charge in [0.1, 0.15) is 5.52 Å². The van der Waals surface area contributed by atoms with Gasteiger partial charge in [0.05, 0.1) is 16.6 Å². The Hall–Kier alpha value is -6.10. The molecule has 0 spiro atoms. The van der Waals surface area contributed by atoms with E-state index in [1.165, 1.54) is 48.4 Å². The van der Waals surface area contributed by atoms with E-state index in [4.69, 9.17) is 9.97 Å². The fraction of sp³-hybridized carbons (Fsp3) is 0. The van der Waals surface area contributed by atoms with Crippen molar-refractivity contribution in [2.24, 2.45) is 0 Å². The summed E-state index contributed by atoms with van der Waals surface area (Å²) in [5.41, 5.74) is 10.1. The van der Waals surface area contributed by atoms with Crippen molar-refractivity contribution in [1.82, 2.24) is 14.5 Å². The fourth-order valence-electron chi connectivity index (χ4n) is 8.17. The maximum atomic E-state index is 5.38. The highest BCUT2D eigenvalue weighted by molar-refractivity contribution is 7.23. The number of nitrogens with zero attached hydrogens (tertiary/aromatic N) is 3. The summed E-state index contributed by atoms with van der Waals surface area (Å²) in [6, 6.07) is 59.3. The number of rotatable bonds is 4. The monoisotopic (exact) mass is 627 g/mol. The van der Waals surface area contributed by atoms with Crippen LogP contribution in [0.25, 0.3) is 60.8 Å². The van der Waals surface area contributed by atoms with Crippen molar-refractivity contribution in [3.05, 3.63) is 176 Å². The number of para-hydroxylation sites is 1. The van der Waals surface area contributed by atoms with Crippen LogP contribution in [0, 0.1) is 0 Å². The van der Waals surface area contributed by atoms with Gasteiger partial charge >= 0.3 is 0 Å². The predicted octanol–water partition coefficient (Wildman–Crippen LogP) is 7.75. The van der Waals surface area contributed by atoms with Crippen LogP contribution in [0.2, 0.25) is 0 Å². The third kappa shape index (κ3) is 3.69. The molecule has 4 heteroatoms. The third-order valence-corrected chi connectivity index (χ3v) is 15.1. The quantitative estimate of drug-likeness (QED) is 0.187. The summed E-state index contributed by atoms with van der Waals surface area (Å²) in [5, 5.41) is 7.71. The van der Waals surface area contributed by atoms with Crippen LogP contribution >= 0.6 is 0 Å². The molecular weight excluding hydrogens is 599 g/mol. The molecule has 48 heavy (non-hydrogen) atoms. The van der Waals surface area contributed by atoms with Gasteiger partial charge in [-0.25, -0.2) is 0 Å². The smallest absolute Gasteiger partial charge is 0.183 e. The summed E-state index contributed by atoms with van der Waals surface area (Å²) in [5.74, 6) is 0. The topological polar surface area (TPSA) is 30.7 Å². The highest BCUT2D eigenvalue weighted by Gasteiger charge is 2.50. The lowest BCUT2D eigenvalue weighted by molar-refractivity contribution is 1.18. The first-order valence-electron chi connectivity index (χ1n) is 16.4. The molecule has 6 aromatic carbocycles. The minimum Gasteiger partial charge on any atom is -0.307 e. The van der Waals surface area contributed by atoms with Crippen LogP contribution in [-0.2, 0) is 0 Å². The summed E-state index contributed by atoms with van der Waals surface area (Å²) in [4.78, 5) is 10.7. The van der Waals surface area contributed by atoms with Gasteiger partial charge in [-0.05, 0) is 55.6 Å². The van der Waals surface area contributed by atoms with Crippen molar-refractivity contribution in [3.63, 3.8) is 0 Å². The summed E-state index contributed by atoms with van der Waals surface area (Å²) >= 11 is 0. The molecule has 224 valence electrons. The Morgan fingerprint density at radius 2 is 1.02 bits per heavy atom. The van der Waals surface area contributed by atoms with Crippen molar-refractivity contribution in [2.45, 2.75) is 0 Å². The Morgan fingerprint density at radius 1 is 0.438 bits per heavy atom. The standard InChI is InChI=1S/C44H29N3Si/c1-4-14-30(15-5-1)31-24-26-32(27-25-31)47-39-22-12-10-20-35(39)37-28-46-42-41(43(37)47)45-29-38-36-21-11-13-23-40(36)48(44(38)42,33-16-6-2-7-17-33)34-18-8-3-9-19-34/h1-29H. The molecule has 0 radical (unpaired) electrons. The van der Waals surface area contributed by atoms with E-state index in [2.05, 4.69) is 181 Å². The molecule has 0 unspecified atom stereocenters. The molecule has 9 aromatic rings. The van der Waals surface area contributed by atoms with E-state index >= 15 is 0 Å². The average Bonchev–Trinajstić information content (AvgIpc) is 3.67. The van der Waals surface area contributed by atoms with Gasteiger partial charge in [-0.2, -0.15) is 0 Å². The van der Waals surface area contributed by atoms with E-state index in [0.717, 1.165) is 33.1 Å². The Bertz CT molecular complexity index is 2610. The van der Waals surface area contributed by atoms with Crippen LogP contribution in [0.5, 0.6) is 0 Å². The normalized spacial score (nSPS) is 13.2. The van der Waals surface area contributed by atoms with Crippen molar-refractivity contribution < 1.29 is 0 Å². The van der Waals surface area contributed by atoms with Crippen molar-refractivity contribution in [3.8, 4) is 27.9 Å². The van der Waals surface area contributed by atoms with Crippen molar-refractivity contribution in [2.75, 3.05) is 0 Å². The number of pyridine rings is 2. The first-order chi connectivity index (χ1) is 23.8. The number of benzene rings is 6. The zero-order chi connectivity index (χ0) is 31.7. The van der Waals surface area contributed by atoms with E-state index in [0.29, 0.717) is 0 Å². The molecule has 10 rings (SSSR count). The van der Waals surface area contributed by atoms with E-state index in [9.17, 15) is 0 Å². The maximum Gasteiger partial charge on any atom is 0.183 e. The van der Waals surface area contributed by atoms with Gasteiger partial charge < -0.3 is 4.57 Å². The molecule has 0 aliphatic carbocycles. The highest BCUT2D eigenvalue weighted by Crippen LogP contribution is 2.38. The van der Waals surface area contributed by atoms with Crippen LogP contribution in [0.4, 0.5) is 0 Å². The number of aromatic nitrogens is 3. The number of hydrogen-bond acceptors (Lipinski definition) is 2. The van der Waals surface area contributed by atoms with E-state index < -0.39 is 8.07 Å². The molecule has 0 fully saturated rings. The lowest BCUT2D eigenvalue weighted by Crippen LogP contribution is -2.73. The second-order valence-corrected chi connectivity index (χ2v) is 16.3. The molecular formula is C44H29N3Si. The van der Waals surface area contributed by atoms with Crippen LogP contribution in [0.3, 0.4) is 0 Å². The molecule has 4 heterocycles. The van der Waals surface area contributed by atoms with E-state index in [1.54, 1.807) is 0 Å². The molecule has 0 atom stereocenters. The summed E-state index contributed by atoms with van der Waals surface area (Å²) in [7, 11) is -2.77.